The molecule has 0 saturated heterocycles. The SMILES string of the molecule is CCN(CCCN(C)C)CC(C)(C)NC. The summed E-state index contributed by atoms with van der Waals surface area (Å²) in [5, 5.41) is 3.35. The van der Waals surface area contributed by atoms with E-state index in [0.29, 0.717) is 0 Å². The molecule has 0 aromatic heterocycles. The van der Waals surface area contributed by atoms with E-state index in [1.54, 1.807) is 0 Å². The minimum atomic E-state index is 0.216. The predicted molar refractivity (Wildman–Crippen MR) is 68.4 cm³/mol. The van der Waals surface area contributed by atoms with Crippen molar-refractivity contribution in [3.63, 3.8) is 0 Å². The Balaban J connectivity index is 3.82. The van der Waals surface area contributed by atoms with E-state index < -0.39 is 0 Å². The van der Waals surface area contributed by atoms with Crippen LogP contribution in [-0.2, 0) is 0 Å². The first-order valence-electron chi connectivity index (χ1n) is 5.97. The van der Waals surface area contributed by atoms with Gasteiger partial charge in [-0.05, 0) is 61.0 Å². The summed E-state index contributed by atoms with van der Waals surface area (Å²) >= 11 is 0. The highest BCUT2D eigenvalue weighted by Gasteiger charge is 2.18. The Hall–Kier alpha value is -0.120. The highest BCUT2D eigenvalue weighted by molar-refractivity contribution is 4.79. The van der Waals surface area contributed by atoms with Gasteiger partial charge in [0.05, 0.1) is 0 Å². The molecule has 0 aliphatic heterocycles. The van der Waals surface area contributed by atoms with Crippen molar-refractivity contribution < 1.29 is 0 Å². The zero-order valence-corrected chi connectivity index (χ0v) is 11.4. The first-order valence-corrected chi connectivity index (χ1v) is 5.97. The summed E-state index contributed by atoms with van der Waals surface area (Å²) in [5.74, 6) is 0. The van der Waals surface area contributed by atoms with Crippen molar-refractivity contribution >= 4 is 0 Å². The lowest BCUT2D eigenvalue weighted by atomic mass is 10.1. The van der Waals surface area contributed by atoms with Crippen molar-refractivity contribution in [1.29, 1.82) is 0 Å². The molecule has 3 heteroatoms. The van der Waals surface area contributed by atoms with E-state index >= 15 is 0 Å². The predicted octanol–water partition coefficient (Wildman–Crippen LogP) is 1.26. The Bertz CT molecular complexity index is 155. The Morgan fingerprint density at radius 2 is 1.73 bits per heavy atom. The van der Waals surface area contributed by atoms with Crippen molar-refractivity contribution in [2.45, 2.75) is 32.7 Å². The second kappa shape index (κ2) is 7.20. The van der Waals surface area contributed by atoms with Crippen LogP contribution in [0.15, 0.2) is 0 Å². The fourth-order valence-electron chi connectivity index (χ4n) is 1.60. The molecule has 15 heavy (non-hydrogen) atoms. The minimum Gasteiger partial charge on any atom is -0.314 e. The van der Waals surface area contributed by atoms with E-state index in [1.807, 2.05) is 7.05 Å². The van der Waals surface area contributed by atoms with Gasteiger partial charge in [-0.2, -0.15) is 0 Å². The van der Waals surface area contributed by atoms with E-state index in [-0.39, 0.29) is 5.54 Å². The van der Waals surface area contributed by atoms with Crippen molar-refractivity contribution in [3.8, 4) is 0 Å². The number of nitrogens with zero attached hydrogens (tertiary/aromatic N) is 2. The molecule has 0 rings (SSSR count). The Morgan fingerprint density at radius 1 is 1.13 bits per heavy atom. The van der Waals surface area contributed by atoms with Crippen LogP contribution in [0.4, 0.5) is 0 Å². The Kier molecular flexibility index (Phi) is 7.14. The van der Waals surface area contributed by atoms with Crippen LogP contribution >= 0.6 is 0 Å². The van der Waals surface area contributed by atoms with Crippen molar-refractivity contribution in [2.75, 3.05) is 47.3 Å². The molecule has 0 aliphatic carbocycles. The number of hydrogen-bond acceptors (Lipinski definition) is 3. The summed E-state index contributed by atoms with van der Waals surface area (Å²) in [6, 6.07) is 0. The van der Waals surface area contributed by atoms with Crippen molar-refractivity contribution in [3.05, 3.63) is 0 Å². The average Bonchev–Trinajstić information content (AvgIpc) is 2.15. The van der Waals surface area contributed by atoms with E-state index in [1.165, 1.54) is 19.5 Å². The summed E-state index contributed by atoms with van der Waals surface area (Å²) in [6.07, 6.45) is 1.25. The molecule has 0 unspecified atom stereocenters. The standard InChI is InChI=1S/C12H29N3/c1-7-15(10-8-9-14(5)6)11-12(2,3)13-4/h13H,7-11H2,1-6H3. The maximum atomic E-state index is 3.35. The van der Waals surface area contributed by atoms with Gasteiger partial charge in [0, 0.05) is 12.1 Å². The van der Waals surface area contributed by atoms with E-state index in [0.717, 1.165) is 13.1 Å². The summed E-state index contributed by atoms with van der Waals surface area (Å²) in [4.78, 5) is 4.76. The third kappa shape index (κ3) is 7.77. The van der Waals surface area contributed by atoms with Crippen LogP contribution < -0.4 is 5.32 Å². The lowest BCUT2D eigenvalue weighted by Crippen LogP contribution is -2.47. The number of rotatable bonds is 8. The zero-order chi connectivity index (χ0) is 11.9. The highest BCUT2D eigenvalue weighted by Crippen LogP contribution is 2.05. The molecular weight excluding hydrogens is 186 g/mol. The lowest BCUT2D eigenvalue weighted by molar-refractivity contribution is 0.206. The largest absolute Gasteiger partial charge is 0.314 e. The highest BCUT2D eigenvalue weighted by atomic mass is 15.2. The second-order valence-corrected chi connectivity index (χ2v) is 5.16. The minimum absolute atomic E-state index is 0.216. The molecule has 0 heterocycles. The molecule has 92 valence electrons. The Labute approximate surface area is 95.8 Å². The van der Waals surface area contributed by atoms with Crippen LogP contribution in [0.5, 0.6) is 0 Å². The molecule has 0 aliphatic rings. The summed E-state index contributed by atoms with van der Waals surface area (Å²) in [5.41, 5.74) is 0.216. The average molecular weight is 215 g/mol. The van der Waals surface area contributed by atoms with Crippen LogP contribution in [0.2, 0.25) is 0 Å². The monoisotopic (exact) mass is 215 g/mol. The van der Waals surface area contributed by atoms with Gasteiger partial charge in [-0.3, -0.25) is 0 Å². The number of likely N-dealkylation sites (N-methyl/N-ethyl adjacent to an activating group) is 2. The van der Waals surface area contributed by atoms with E-state index in [9.17, 15) is 0 Å². The lowest BCUT2D eigenvalue weighted by Gasteiger charge is -2.32. The van der Waals surface area contributed by atoms with Crippen LogP contribution in [0, 0.1) is 0 Å². The molecule has 0 aromatic carbocycles. The van der Waals surface area contributed by atoms with Gasteiger partial charge < -0.3 is 15.1 Å². The van der Waals surface area contributed by atoms with Crippen molar-refractivity contribution in [1.82, 2.24) is 15.1 Å². The van der Waals surface area contributed by atoms with Crippen LogP contribution in [0.25, 0.3) is 0 Å². The van der Waals surface area contributed by atoms with Crippen LogP contribution in [0.1, 0.15) is 27.2 Å². The van der Waals surface area contributed by atoms with Gasteiger partial charge in [-0.25, -0.2) is 0 Å². The van der Waals surface area contributed by atoms with E-state index in [2.05, 4.69) is 50.0 Å². The van der Waals surface area contributed by atoms with Gasteiger partial charge >= 0.3 is 0 Å². The van der Waals surface area contributed by atoms with Crippen LogP contribution in [0.3, 0.4) is 0 Å². The zero-order valence-electron chi connectivity index (χ0n) is 11.4. The molecular formula is C12H29N3. The third-order valence-corrected chi connectivity index (χ3v) is 2.82. The summed E-state index contributed by atoms with van der Waals surface area (Å²) in [6.45, 7) is 11.4. The van der Waals surface area contributed by atoms with Crippen molar-refractivity contribution in [2.24, 2.45) is 0 Å². The molecule has 3 nitrogen and oxygen atoms in total. The quantitative estimate of drug-likeness (QED) is 0.657. The molecule has 0 atom stereocenters. The van der Waals surface area contributed by atoms with Gasteiger partial charge in [-0.15, -0.1) is 0 Å². The maximum Gasteiger partial charge on any atom is 0.0249 e. The molecule has 1 N–H and O–H groups in total. The topological polar surface area (TPSA) is 18.5 Å². The number of hydrogen-bond donors (Lipinski definition) is 1. The number of nitrogens with one attached hydrogen (secondary N) is 1. The fraction of sp³-hybridized carbons (Fsp3) is 1.00. The molecule has 0 amide bonds. The van der Waals surface area contributed by atoms with Gasteiger partial charge in [0.25, 0.3) is 0 Å². The van der Waals surface area contributed by atoms with Gasteiger partial charge in [-0.1, -0.05) is 6.92 Å². The molecule has 0 saturated carbocycles. The van der Waals surface area contributed by atoms with Gasteiger partial charge in [0.15, 0.2) is 0 Å². The molecule has 0 radical (unpaired) electrons. The first-order chi connectivity index (χ1) is 6.91. The maximum absolute atomic E-state index is 3.35. The fourth-order valence-corrected chi connectivity index (χ4v) is 1.60. The first kappa shape index (κ1) is 14.9. The molecule has 0 aromatic rings. The smallest absolute Gasteiger partial charge is 0.0249 e. The molecule has 0 bridgehead atoms. The third-order valence-electron chi connectivity index (χ3n) is 2.82. The molecule has 0 spiro atoms. The van der Waals surface area contributed by atoms with Crippen LogP contribution in [-0.4, -0.2) is 62.7 Å². The normalized spacial score (nSPS) is 12.8. The summed E-state index contributed by atoms with van der Waals surface area (Å²) < 4.78 is 0. The molecule has 0 fully saturated rings. The second-order valence-electron chi connectivity index (χ2n) is 5.16. The van der Waals surface area contributed by atoms with Gasteiger partial charge in [0.2, 0.25) is 0 Å². The Morgan fingerprint density at radius 3 is 2.13 bits per heavy atom. The van der Waals surface area contributed by atoms with E-state index in [4.69, 9.17) is 0 Å². The van der Waals surface area contributed by atoms with Gasteiger partial charge in [0.1, 0.15) is 0 Å². The summed E-state index contributed by atoms with van der Waals surface area (Å²) in [7, 11) is 6.30.